The standard InChI is InChI=1S/C16H19NO3S/c1-9-8-12(20-3)6-4-11(9)5-7-13-10(2)14(16(18)19)15(17)21-13/h4,6,8H,5,7,17H2,1-3H3,(H,18,19). The zero-order chi connectivity index (χ0) is 15.6. The zero-order valence-electron chi connectivity index (χ0n) is 12.4. The summed E-state index contributed by atoms with van der Waals surface area (Å²) in [5.41, 5.74) is 9.25. The minimum atomic E-state index is -0.951. The molecule has 2 aromatic rings. The van der Waals surface area contributed by atoms with Gasteiger partial charge in [0.15, 0.2) is 0 Å². The molecule has 1 aromatic carbocycles. The number of ether oxygens (including phenoxy) is 1. The Kier molecular flexibility index (Phi) is 4.53. The molecule has 21 heavy (non-hydrogen) atoms. The van der Waals surface area contributed by atoms with Crippen molar-refractivity contribution in [2.75, 3.05) is 12.8 Å². The predicted octanol–water partition coefficient (Wildman–Crippen LogP) is 3.44. The average molecular weight is 305 g/mol. The molecule has 0 radical (unpaired) electrons. The number of hydrogen-bond acceptors (Lipinski definition) is 4. The summed E-state index contributed by atoms with van der Waals surface area (Å²) in [6, 6.07) is 6.01. The average Bonchev–Trinajstić information content (AvgIpc) is 2.71. The van der Waals surface area contributed by atoms with Gasteiger partial charge in [-0.05, 0) is 55.5 Å². The Labute approximate surface area is 128 Å². The number of methoxy groups -OCH3 is 1. The van der Waals surface area contributed by atoms with E-state index < -0.39 is 5.97 Å². The number of aromatic carboxylic acids is 1. The number of thiophene rings is 1. The molecule has 0 aliphatic carbocycles. The van der Waals surface area contributed by atoms with Gasteiger partial charge in [-0.15, -0.1) is 11.3 Å². The number of nitrogens with two attached hydrogens (primary N) is 1. The molecule has 0 amide bonds. The number of anilines is 1. The summed E-state index contributed by atoms with van der Waals surface area (Å²) >= 11 is 1.37. The summed E-state index contributed by atoms with van der Waals surface area (Å²) < 4.78 is 5.20. The van der Waals surface area contributed by atoms with Crippen LogP contribution < -0.4 is 10.5 Å². The van der Waals surface area contributed by atoms with Crippen molar-refractivity contribution in [3.05, 3.63) is 45.3 Å². The molecule has 0 atom stereocenters. The highest BCUT2D eigenvalue weighted by atomic mass is 32.1. The molecule has 1 heterocycles. The fraction of sp³-hybridized carbons (Fsp3) is 0.312. The van der Waals surface area contributed by atoms with E-state index in [4.69, 9.17) is 15.6 Å². The summed E-state index contributed by atoms with van der Waals surface area (Å²) in [6.45, 7) is 3.88. The SMILES string of the molecule is COc1ccc(CCc2sc(N)c(C(=O)O)c2C)c(C)c1. The molecule has 0 unspecified atom stereocenters. The summed E-state index contributed by atoms with van der Waals surface area (Å²) in [5, 5.41) is 9.55. The van der Waals surface area contributed by atoms with Crippen LogP contribution in [0.1, 0.15) is 31.9 Å². The van der Waals surface area contributed by atoms with Crippen LogP contribution in [0.5, 0.6) is 5.75 Å². The monoisotopic (exact) mass is 305 g/mol. The second-order valence-electron chi connectivity index (χ2n) is 4.99. The number of aryl methyl sites for hydroxylation is 3. The van der Waals surface area contributed by atoms with Crippen LogP contribution in [-0.2, 0) is 12.8 Å². The van der Waals surface area contributed by atoms with E-state index in [1.54, 1.807) is 7.11 Å². The molecule has 4 nitrogen and oxygen atoms in total. The molecule has 0 fully saturated rings. The van der Waals surface area contributed by atoms with Crippen LogP contribution >= 0.6 is 11.3 Å². The van der Waals surface area contributed by atoms with Crippen molar-refractivity contribution in [2.45, 2.75) is 26.7 Å². The van der Waals surface area contributed by atoms with E-state index in [2.05, 4.69) is 13.0 Å². The topological polar surface area (TPSA) is 72.5 Å². The van der Waals surface area contributed by atoms with Crippen LogP contribution in [0.15, 0.2) is 18.2 Å². The number of carboxylic acids is 1. The van der Waals surface area contributed by atoms with Gasteiger partial charge in [-0.25, -0.2) is 4.79 Å². The van der Waals surface area contributed by atoms with Gasteiger partial charge < -0.3 is 15.6 Å². The molecule has 0 bridgehead atoms. The summed E-state index contributed by atoms with van der Waals surface area (Å²) in [4.78, 5) is 12.2. The number of rotatable bonds is 5. The highest BCUT2D eigenvalue weighted by molar-refractivity contribution is 7.16. The lowest BCUT2D eigenvalue weighted by Gasteiger charge is -2.08. The van der Waals surface area contributed by atoms with Crippen molar-refractivity contribution in [1.29, 1.82) is 0 Å². The van der Waals surface area contributed by atoms with Gasteiger partial charge in [0, 0.05) is 4.88 Å². The number of hydrogen-bond donors (Lipinski definition) is 2. The first kappa shape index (κ1) is 15.4. The molecular formula is C16H19NO3S. The fourth-order valence-electron chi connectivity index (χ4n) is 2.41. The minimum absolute atomic E-state index is 0.251. The lowest BCUT2D eigenvalue weighted by molar-refractivity contribution is 0.0697. The number of carbonyl (C=O) groups is 1. The number of nitrogen functional groups attached to an aromatic ring is 1. The fourth-order valence-corrected chi connectivity index (χ4v) is 3.48. The lowest BCUT2D eigenvalue weighted by atomic mass is 10.0. The van der Waals surface area contributed by atoms with Gasteiger partial charge in [-0.2, -0.15) is 0 Å². The normalized spacial score (nSPS) is 10.6. The molecule has 1 aromatic heterocycles. The molecule has 0 saturated heterocycles. The molecule has 0 spiro atoms. The van der Waals surface area contributed by atoms with Crippen molar-refractivity contribution < 1.29 is 14.6 Å². The van der Waals surface area contributed by atoms with Gasteiger partial charge in [0.1, 0.15) is 10.8 Å². The largest absolute Gasteiger partial charge is 0.497 e. The van der Waals surface area contributed by atoms with E-state index in [-0.39, 0.29) is 5.56 Å². The third-order valence-electron chi connectivity index (χ3n) is 3.66. The number of benzene rings is 1. The van der Waals surface area contributed by atoms with Crippen molar-refractivity contribution in [3.63, 3.8) is 0 Å². The van der Waals surface area contributed by atoms with E-state index in [1.807, 2.05) is 19.1 Å². The lowest BCUT2D eigenvalue weighted by Crippen LogP contribution is -2.01. The van der Waals surface area contributed by atoms with Gasteiger partial charge in [-0.1, -0.05) is 6.07 Å². The maximum absolute atomic E-state index is 11.2. The highest BCUT2D eigenvalue weighted by Gasteiger charge is 2.18. The molecular weight excluding hydrogens is 286 g/mol. The molecule has 0 aliphatic rings. The van der Waals surface area contributed by atoms with Gasteiger partial charge in [-0.3, -0.25) is 0 Å². The quantitative estimate of drug-likeness (QED) is 0.887. The van der Waals surface area contributed by atoms with Crippen molar-refractivity contribution in [3.8, 4) is 5.75 Å². The number of carboxylic acid groups (broad SMARTS) is 1. The molecule has 3 N–H and O–H groups in total. The van der Waals surface area contributed by atoms with E-state index in [0.717, 1.165) is 29.0 Å². The van der Waals surface area contributed by atoms with Crippen molar-refractivity contribution in [1.82, 2.24) is 0 Å². The van der Waals surface area contributed by atoms with Gasteiger partial charge >= 0.3 is 5.97 Å². The Balaban J connectivity index is 2.17. The highest BCUT2D eigenvalue weighted by Crippen LogP contribution is 2.31. The van der Waals surface area contributed by atoms with Crippen LogP contribution in [0.4, 0.5) is 5.00 Å². The van der Waals surface area contributed by atoms with Crippen LogP contribution in [0.3, 0.4) is 0 Å². The van der Waals surface area contributed by atoms with Crippen LogP contribution in [-0.4, -0.2) is 18.2 Å². The smallest absolute Gasteiger partial charge is 0.338 e. The summed E-state index contributed by atoms with van der Waals surface area (Å²) in [7, 11) is 1.65. The summed E-state index contributed by atoms with van der Waals surface area (Å²) in [6.07, 6.45) is 1.65. The molecule has 2 rings (SSSR count). The van der Waals surface area contributed by atoms with Crippen molar-refractivity contribution >= 4 is 22.3 Å². The maximum Gasteiger partial charge on any atom is 0.338 e. The molecule has 112 valence electrons. The Hall–Kier alpha value is -2.01. The third kappa shape index (κ3) is 3.19. The zero-order valence-corrected chi connectivity index (χ0v) is 13.2. The predicted molar refractivity (Wildman–Crippen MR) is 85.6 cm³/mol. The van der Waals surface area contributed by atoms with Crippen LogP contribution in [0, 0.1) is 13.8 Å². The van der Waals surface area contributed by atoms with Gasteiger partial charge in [0.25, 0.3) is 0 Å². The first-order chi connectivity index (χ1) is 9.93. The third-order valence-corrected chi connectivity index (χ3v) is 4.84. The van der Waals surface area contributed by atoms with E-state index >= 15 is 0 Å². The first-order valence-electron chi connectivity index (χ1n) is 6.68. The van der Waals surface area contributed by atoms with E-state index in [0.29, 0.717) is 5.00 Å². The second-order valence-corrected chi connectivity index (χ2v) is 6.12. The minimum Gasteiger partial charge on any atom is -0.497 e. The Morgan fingerprint density at radius 2 is 2.05 bits per heavy atom. The molecule has 0 saturated carbocycles. The van der Waals surface area contributed by atoms with Crippen LogP contribution in [0.25, 0.3) is 0 Å². The van der Waals surface area contributed by atoms with E-state index in [1.165, 1.54) is 22.5 Å². The molecule has 0 aliphatic heterocycles. The Morgan fingerprint density at radius 3 is 2.57 bits per heavy atom. The Morgan fingerprint density at radius 1 is 1.33 bits per heavy atom. The molecule has 5 heteroatoms. The van der Waals surface area contributed by atoms with E-state index in [9.17, 15) is 4.79 Å². The summed E-state index contributed by atoms with van der Waals surface area (Å²) in [5.74, 6) is -0.103. The van der Waals surface area contributed by atoms with Crippen LogP contribution in [0.2, 0.25) is 0 Å². The Bertz CT molecular complexity index is 676. The van der Waals surface area contributed by atoms with Crippen molar-refractivity contribution in [2.24, 2.45) is 0 Å². The van der Waals surface area contributed by atoms with Gasteiger partial charge in [0.05, 0.1) is 12.7 Å². The maximum atomic E-state index is 11.2. The van der Waals surface area contributed by atoms with Gasteiger partial charge in [0.2, 0.25) is 0 Å². The second kappa shape index (κ2) is 6.18. The first-order valence-corrected chi connectivity index (χ1v) is 7.50.